The molecule has 0 fully saturated rings. The van der Waals surface area contributed by atoms with Gasteiger partial charge in [-0.3, -0.25) is 0 Å². The number of aromatic nitrogens is 4. The Balaban J connectivity index is 1.64. The molecule has 3 rings (SSSR count). The molecule has 0 radical (unpaired) electrons. The molecule has 0 aliphatic heterocycles. The zero-order valence-corrected chi connectivity index (χ0v) is 14.2. The first-order valence-corrected chi connectivity index (χ1v) is 7.99. The van der Waals surface area contributed by atoms with Crippen LogP contribution in [0.15, 0.2) is 48.9 Å². The van der Waals surface area contributed by atoms with Crippen LogP contribution in [0.3, 0.4) is 0 Å². The van der Waals surface area contributed by atoms with E-state index in [1.54, 1.807) is 10.9 Å². The molecule has 124 valence electrons. The minimum absolute atomic E-state index is 0.0101. The number of anilines is 1. The lowest BCUT2D eigenvalue weighted by atomic mass is 10.3. The van der Waals surface area contributed by atoms with Gasteiger partial charge >= 0.3 is 0 Å². The molecule has 2 aromatic heterocycles. The van der Waals surface area contributed by atoms with E-state index < -0.39 is 0 Å². The maximum absolute atomic E-state index is 6.20. The Hall–Kier alpha value is -2.60. The first-order valence-electron chi connectivity index (χ1n) is 7.61. The summed E-state index contributed by atoms with van der Waals surface area (Å²) in [5.74, 6) is 1.29. The molecule has 24 heavy (non-hydrogen) atoms. The van der Waals surface area contributed by atoms with E-state index in [1.807, 2.05) is 50.2 Å². The van der Waals surface area contributed by atoms with Crippen molar-refractivity contribution >= 4 is 17.4 Å². The van der Waals surface area contributed by atoms with Gasteiger partial charge in [-0.15, -0.1) is 0 Å². The lowest BCUT2D eigenvalue weighted by Gasteiger charge is -2.17. The average molecular weight is 344 g/mol. The summed E-state index contributed by atoms with van der Waals surface area (Å²) in [5, 5.41) is 8.07. The number of para-hydroxylation sites is 1. The number of nitrogens with one attached hydrogen (secondary N) is 1. The number of ether oxygens (including phenoxy) is 1. The Kier molecular flexibility index (Phi) is 4.96. The second-order valence-electron chi connectivity index (χ2n) is 5.39. The molecule has 2 heterocycles. The van der Waals surface area contributed by atoms with Gasteiger partial charge in [0.25, 0.3) is 0 Å². The summed E-state index contributed by atoms with van der Waals surface area (Å²) in [6, 6.07) is 11.7. The van der Waals surface area contributed by atoms with Crippen molar-refractivity contribution in [1.82, 2.24) is 19.7 Å². The van der Waals surface area contributed by atoms with Crippen molar-refractivity contribution in [3.05, 3.63) is 59.6 Å². The van der Waals surface area contributed by atoms with Crippen LogP contribution in [0.2, 0.25) is 5.02 Å². The van der Waals surface area contributed by atoms with Gasteiger partial charge in [-0.25, -0.2) is 14.6 Å². The van der Waals surface area contributed by atoms with E-state index in [9.17, 15) is 0 Å². The van der Waals surface area contributed by atoms with E-state index >= 15 is 0 Å². The first-order chi connectivity index (χ1) is 11.6. The molecular formula is C17H18ClN5O. The number of aryl methyl sites for hydroxylation is 1. The summed E-state index contributed by atoms with van der Waals surface area (Å²) in [6.07, 6.45) is 3.20. The summed E-state index contributed by atoms with van der Waals surface area (Å²) in [4.78, 5) is 8.21. The molecule has 6 nitrogen and oxygen atoms in total. The van der Waals surface area contributed by atoms with Crippen LogP contribution in [-0.4, -0.2) is 32.4 Å². The highest BCUT2D eigenvalue weighted by Gasteiger charge is 2.11. The Bertz CT molecular complexity index is 806. The monoisotopic (exact) mass is 343 g/mol. The summed E-state index contributed by atoms with van der Waals surface area (Å²) >= 11 is 6.20. The average Bonchev–Trinajstić information content (AvgIpc) is 3.06. The maximum Gasteiger partial charge on any atom is 0.216 e. The molecule has 0 bridgehead atoms. The second kappa shape index (κ2) is 7.31. The molecular weight excluding hydrogens is 326 g/mol. The minimum atomic E-state index is 0.0101. The first kappa shape index (κ1) is 16.3. The smallest absolute Gasteiger partial charge is 0.216 e. The highest BCUT2D eigenvalue weighted by molar-refractivity contribution is 6.33. The zero-order chi connectivity index (χ0) is 16.9. The number of rotatable bonds is 6. The van der Waals surface area contributed by atoms with E-state index in [-0.39, 0.29) is 6.04 Å². The fourth-order valence-electron chi connectivity index (χ4n) is 2.21. The van der Waals surface area contributed by atoms with Crippen molar-refractivity contribution in [2.45, 2.75) is 19.9 Å². The predicted octanol–water partition coefficient (Wildman–Crippen LogP) is 3.50. The number of benzene rings is 1. The van der Waals surface area contributed by atoms with E-state index in [2.05, 4.69) is 20.4 Å². The van der Waals surface area contributed by atoms with Gasteiger partial charge in [-0.2, -0.15) is 5.10 Å². The molecule has 0 spiro atoms. The third-order valence-electron chi connectivity index (χ3n) is 3.44. The van der Waals surface area contributed by atoms with Crippen molar-refractivity contribution in [1.29, 1.82) is 0 Å². The molecule has 7 heteroatoms. The molecule has 1 atom stereocenters. The molecule has 0 amide bonds. The summed E-state index contributed by atoms with van der Waals surface area (Å²) in [6.45, 7) is 4.28. The highest BCUT2D eigenvalue weighted by Crippen LogP contribution is 2.22. The van der Waals surface area contributed by atoms with Gasteiger partial charge in [0, 0.05) is 6.07 Å². The van der Waals surface area contributed by atoms with Crippen LogP contribution >= 0.6 is 11.6 Å². The van der Waals surface area contributed by atoms with Crippen molar-refractivity contribution in [3.8, 4) is 11.6 Å². The highest BCUT2D eigenvalue weighted by atomic mass is 35.5. The van der Waals surface area contributed by atoms with Gasteiger partial charge in [0.2, 0.25) is 5.88 Å². The minimum Gasteiger partial charge on any atom is -0.475 e. The van der Waals surface area contributed by atoms with Crippen LogP contribution in [0.25, 0.3) is 5.69 Å². The van der Waals surface area contributed by atoms with E-state index in [0.717, 1.165) is 11.4 Å². The zero-order valence-electron chi connectivity index (χ0n) is 13.5. The van der Waals surface area contributed by atoms with Gasteiger partial charge in [-0.1, -0.05) is 29.8 Å². The van der Waals surface area contributed by atoms with Crippen LogP contribution in [0.4, 0.5) is 5.82 Å². The number of halogens is 1. The summed E-state index contributed by atoms with van der Waals surface area (Å²) in [7, 11) is 0. The molecule has 1 aromatic carbocycles. The van der Waals surface area contributed by atoms with Gasteiger partial charge in [0.05, 0.1) is 23.6 Å². The quantitative estimate of drug-likeness (QED) is 0.742. The lowest BCUT2D eigenvalue weighted by Crippen LogP contribution is -2.25. The number of nitrogens with zero attached hydrogens (tertiary/aromatic N) is 4. The van der Waals surface area contributed by atoms with Gasteiger partial charge in [0.15, 0.2) is 0 Å². The molecule has 1 unspecified atom stereocenters. The molecule has 0 aliphatic rings. The largest absolute Gasteiger partial charge is 0.475 e. The second-order valence-corrected chi connectivity index (χ2v) is 5.77. The Labute approximate surface area is 145 Å². The molecule has 1 N–H and O–H groups in total. The van der Waals surface area contributed by atoms with Crippen LogP contribution in [0, 0.1) is 6.92 Å². The van der Waals surface area contributed by atoms with Crippen LogP contribution < -0.4 is 10.1 Å². The standard InChI is InChI=1S/C17H18ClN5O/c1-12(22-17-16(18)13(2)19-11-20-17)10-24-15-8-9-21-23(15)14-6-4-3-5-7-14/h3-9,11-12H,10H2,1-2H3,(H,19,20,22). The van der Waals surface area contributed by atoms with Crippen molar-refractivity contribution in [2.24, 2.45) is 0 Å². The molecule has 3 aromatic rings. The third-order valence-corrected chi connectivity index (χ3v) is 3.89. The fourth-order valence-corrected chi connectivity index (χ4v) is 2.36. The Morgan fingerprint density at radius 3 is 2.79 bits per heavy atom. The fraction of sp³-hybridized carbons (Fsp3) is 0.235. The van der Waals surface area contributed by atoms with Gasteiger partial charge in [0.1, 0.15) is 23.8 Å². The SMILES string of the molecule is Cc1ncnc(NC(C)COc2ccnn2-c2ccccc2)c1Cl. The molecule has 0 aliphatic carbocycles. The Morgan fingerprint density at radius 1 is 1.21 bits per heavy atom. The number of hydrogen-bond donors (Lipinski definition) is 1. The third kappa shape index (κ3) is 3.65. The van der Waals surface area contributed by atoms with E-state index in [4.69, 9.17) is 16.3 Å². The normalized spacial score (nSPS) is 12.0. The van der Waals surface area contributed by atoms with Crippen molar-refractivity contribution in [3.63, 3.8) is 0 Å². The van der Waals surface area contributed by atoms with Gasteiger partial charge in [-0.05, 0) is 26.0 Å². The molecule has 0 saturated carbocycles. The lowest BCUT2D eigenvalue weighted by molar-refractivity contribution is 0.284. The van der Waals surface area contributed by atoms with Gasteiger partial charge < -0.3 is 10.1 Å². The van der Waals surface area contributed by atoms with Crippen LogP contribution in [0.5, 0.6) is 5.88 Å². The van der Waals surface area contributed by atoms with Crippen molar-refractivity contribution in [2.75, 3.05) is 11.9 Å². The van der Waals surface area contributed by atoms with E-state index in [1.165, 1.54) is 6.33 Å². The van der Waals surface area contributed by atoms with E-state index in [0.29, 0.717) is 23.3 Å². The van der Waals surface area contributed by atoms with Crippen LogP contribution in [-0.2, 0) is 0 Å². The predicted molar refractivity (Wildman–Crippen MR) is 93.9 cm³/mol. The number of hydrogen-bond acceptors (Lipinski definition) is 5. The topological polar surface area (TPSA) is 64.9 Å². The molecule has 0 saturated heterocycles. The summed E-state index contributed by atoms with van der Waals surface area (Å²) in [5.41, 5.74) is 1.69. The Morgan fingerprint density at radius 2 is 2.00 bits per heavy atom. The van der Waals surface area contributed by atoms with Crippen LogP contribution in [0.1, 0.15) is 12.6 Å². The summed E-state index contributed by atoms with van der Waals surface area (Å²) < 4.78 is 7.65. The van der Waals surface area contributed by atoms with Crippen molar-refractivity contribution < 1.29 is 4.74 Å². The maximum atomic E-state index is 6.20.